The molecule has 0 spiro atoms. The van der Waals surface area contributed by atoms with Crippen LogP contribution in [0.25, 0.3) is 0 Å². The summed E-state index contributed by atoms with van der Waals surface area (Å²) >= 11 is 3.08. The molecule has 4 nitrogen and oxygen atoms in total. The standard InChI is InChI=1S/C12H9BrF2N2O2S/c13-9-3-1-7(14)5-11(9)17-20(18,19)12-6-8(16)2-4-10(12)15/h1-6,17H,16H2. The number of halogens is 3. The van der Waals surface area contributed by atoms with Gasteiger partial charge in [0.2, 0.25) is 0 Å². The van der Waals surface area contributed by atoms with Gasteiger partial charge in [-0.15, -0.1) is 0 Å². The van der Waals surface area contributed by atoms with Crippen molar-refractivity contribution >= 4 is 37.3 Å². The number of rotatable bonds is 3. The fourth-order valence-corrected chi connectivity index (χ4v) is 3.16. The first kappa shape index (κ1) is 14.7. The van der Waals surface area contributed by atoms with Crippen molar-refractivity contribution in [3.63, 3.8) is 0 Å². The molecule has 2 aromatic rings. The summed E-state index contributed by atoms with van der Waals surface area (Å²) in [5, 5.41) is 0. The Hall–Kier alpha value is -1.67. The third-order valence-corrected chi connectivity index (χ3v) is 4.49. The molecule has 2 aromatic carbocycles. The Morgan fingerprint density at radius 3 is 2.50 bits per heavy atom. The highest BCUT2D eigenvalue weighted by atomic mass is 79.9. The fourth-order valence-electron chi connectivity index (χ4n) is 1.50. The van der Waals surface area contributed by atoms with Crippen LogP contribution in [0.4, 0.5) is 20.2 Å². The lowest BCUT2D eigenvalue weighted by molar-refractivity contribution is 0.570. The first-order valence-electron chi connectivity index (χ1n) is 5.32. The number of nitrogens with one attached hydrogen (secondary N) is 1. The number of benzene rings is 2. The van der Waals surface area contributed by atoms with Gasteiger partial charge >= 0.3 is 0 Å². The number of nitrogen functional groups attached to an aromatic ring is 1. The van der Waals surface area contributed by atoms with Crippen LogP contribution in [0, 0.1) is 11.6 Å². The molecule has 0 radical (unpaired) electrons. The summed E-state index contributed by atoms with van der Waals surface area (Å²) in [5.74, 6) is -1.57. The summed E-state index contributed by atoms with van der Waals surface area (Å²) in [4.78, 5) is -0.603. The fraction of sp³-hybridized carbons (Fsp3) is 0. The SMILES string of the molecule is Nc1ccc(F)c(S(=O)(=O)Nc2cc(F)ccc2Br)c1. The molecule has 0 fully saturated rings. The quantitative estimate of drug-likeness (QED) is 0.824. The zero-order valence-corrected chi connectivity index (χ0v) is 12.3. The zero-order chi connectivity index (χ0) is 14.9. The van der Waals surface area contributed by atoms with Gasteiger partial charge in [0.05, 0.1) is 5.69 Å². The summed E-state index contributed by atoms with van der Waals surface area (Å²) in [6.45, 7) is 0. The molecule has 0 saturated carbocycles. The first-order chi connectivity index (χ1) is 9.29. The van der Waals surface area contributed by atoms with Crippen LogP contribution in [-0.2, 0) is 10.0 Å². The van der Waals surface area contributed by atoms with Crippen molar-refractivity contribution < 1.29 is 17.2 Å². The van der Waals surface area contributed by atoms with E-state index in [4.69, 9.17) is 5.73 Å². The van der Waals surface area contributed by atoms with Gasteiger partial charge < -0.3 is 5.73 Å². The third-order valence-electron chi connectivity index (χ3n) is 2.42. The lowest BCUT2D eigenvalue weighted by Gasteiger charge is -2.11. The number of hydrogen-bond donors (Lipinski definition) is 2. The molecule has 0 aliphatic heterocycles. The second-order valence-corrected chi connectivity index (χ2v) is 6.42. The van der Waals surface area contributed by atoms with Crippen LogP contribution in [0.3, 0.4) is 0 Å². The molecule has 3 N–H and O–H groups in total. The maximum absolute atomic E-state index is 13.6. The third kappa shape index (κ3) is 3.07. The summed E-state index contributed by atoms with van der Waals surface area (Å²) in [6, 6.07) is 6.65. The van der Waals surface area contributed by atoms with E-state index in [2.05, 4.69) is 20.7 Å². The summed E-state index contributed by atoms with van der Waals surface area (Å²) in [6.07, 6.45) is 0. The minimum atomic E-state index is -4.21. The minimum Gasteiger partial charge on any atom is -0.399 e. The van der Waals surface area contributed by atoms with Crippen molar-refractivity contribution in [1.82, 2.24) is 0 Å². The molecule has 0 aliphatic carbocycles. The van der Waals surface area contributed by atoms with Crippen molar-refractivity contribution in [2.75, 3.05) is 10.5 Å². The molecular weight excluding hydrogens is 354 g/mol. The van der Waals surface area contributed by atoms with E-state index in [9.17, 15) is 17.2 Å². The lowest BCUT2D eigenvalue weighted by Crippen LogP contribution is -2.15. The number of anilines is 2. The van der Waals surface area contributed by atoms with Crippen molar-refractivity contribution in [3.8, 4) is 0 Å². The van der Waals surface area contributed by atoms with Crippen molar-refractivity contribution in [2.24, 2.45) is 0 Å². The van der Waals surface area contributed by atoms with Crippen LogP contribution in [0.15, 0.2) is 45.8 Å². The Labute approximate surface area is 122 Å². The molecule has 8 heteroatoms. The van der Waals surface area contributed by atoms with E-state index < -0.39 is 26.6 Å². The van der Waals surface area contributed by atoms with Gasteiger partial charge in [-0.3, -0.25) is 4.72 Å². The highest BCUT2D eigenvalue weighted by Crippen LogP contribution is 2.27. The van der Waals surface area contributed by atoms with Gasteiger partial charge in [0.15, 0.2) is 0 Å². The Balaban J connectivity index is 2.46. The summed E-state index contributed by atoms with van der Waals surface area (Å²) < 4.78 is 53.3. The summed E-state index contributed by atoms with van der Waals surface area (Å²) in [5.41, 5.74) is 5.51. The Morgan fingerprint density at radius 2 is 1.80 bits per heavy atom. The van der Waals surface area contributed by atoms with Crippen LogP contribution in [0.1, 0.15) is 0 Å². The van der Waals surface area contributed by atoms with Crippen LogP contribution < -0.4 is 10.5 Å². The van der Waals surface area contributed by atoms with E-state index in [1.54, 1.807) is 0 Å². The van der Waals surface area contributed by atoms with Gasteiger partial charge in [0.25, 0.3) is 10.0 Å². The molecule has 0 unspecified atom stereocenters. The van der Waals surface area contributed by atoms with Gasteiger partial charge in [0, 0.05) is 10.2 Å². The highest BCUT2D eigenvalue weighted by Gasteiger charge is 2.20. The smallest absolute Gasteiger partial charge is 0.264 e. The van der Waals surface area contributed by atoms with Gasteiger partial charge in [0.1, 0.15) is 16.5 Å². The predicted octanol–water partition coefficient (Wildman–Crippen LogP) is 3.11. The second-order valence-electron chi connectivity index (χ2n) is 3.92. The van der Waals surface area contributed by atoms with E-state index in [-0.39, 0.29) is 11.4 Å². The average molecular weight is 363 g/mol. The van der Waals surface area contributed by atoms with Crippen molar-refractivity contribution in [1.29, 1.82) is 0 Å². The van der Waals surface area contributed by atoms with E-state index in [1.807, 2.05) is 0 Å². The molecule has 20 heavy (non-hydrogen) atoms. The van der Waals surface area contributed by atoms with Crippen LogP contribution in [0.5, 0.6) is 0 Å². The van der Waals surface area contributed by atoms with Crippen LogP contribution in [0.2, 0.25) is 0 Å². The topological polar surface area (TPSA) is 72.2 Å². The molecule has 0 bridgehead atoms. The lowest BCUT2D eigenvalue weighted by atomic mass is 10.3. The average Bonchev–Trinajstić information content (AvgIpc) is 2.36. The molecule has 0 amide bonds. The van der Waals surface area contributed by atoms with Gasteiger partial charge in [-0.05, 0) is 52.3 Å². The molecule has 0 aliphatic rings. The van der Waals surface area contributed by atoms with Crippen LogP contribution >= 0.6 is 15.9 Å². The monoisotopic (exact) mass is 362 g/mol. The molecule has 2 rings (SSSR count). The Morgan fingerprint density at radius 1 is 1.10 bits per heavy atom. The van der Waals surface area contributed by atoms with E-state index in [1.165, 1.54) is 12.1 Å². The molecule has 0 saturated heterocycles. The number of hydrogen-bond acceptors (Lipinski definition) is 3. The molecule has 0 heterocycles. The maximum Gasteiger partial charge on any atom is 0.264 e. The normalized spacial score (nSPS) is 11.3. The van der Waals surface area contributed by atoms with Crippen molar-refractivity contribution in [2.45, 2.75) is 4.90 Å². The van der Waals surface area contributed by atoms with E-state index in [0.717, 1.165) is 24.3 Å². The van der Waals surface area contributed by atoms with Crippen LogP contribution in [-0.4, -0.2) is 8.42 Å². The zero-order valence-electron chi connectivity index (χ0n) is 9.90. The second kappa shape index (κ2) is 5.37. The van der Waals surface area contributed by atoms with Crippen molar-refractivity contribution in [3.05, 3.63) is 52.5 Å². The van der Waals surface area contributed by atoms with E-state index in [0.29, 0.717) is 4.47 Å². The molecular formula is C12H9BrF2N2O2S. The van der Waals surface area contributed by atoms with Gasteiger partial charge in [-0.2, -0.15) is 0 Å². The Kier molecular flexibility index (Phi) is 3.96. The summed E-state index contributed by atoms with van der Waals surface area (Å²) in [7, 11) is -4.21. The van der Waals surface area contributed by atoms with E-state index >= 15 is 0 Å². The van der Waals surface area contributed by atoms with Gasteiger partial charge in [-0.25, -0.2) is 17.2 Å². The molecule has 106 valence electrons. The largest absolute Gasteiger partial charge is 0.399 e. The number of sulfonamides is 1. The van der Waals surface area contributed by atoms with Gasteiger partial charge in [-0.1, -0.05) is 0 Å². The Bertz CT molecular complexity index is 766. The first-order valence-corrected chi connectivity index (χ1v) is 7.60. The maximum atomic E-state index is 13.6. The molecule has 0 aromatic heterocycles. The number of nitrogens with two attached hydrogens (primary N) is 1. The molecule has 0 atom stereocenters. The minimum absolute atomic E-state index is 0.0353. The predicted molar refractivity (Wildman–Crippen MR) is 75.7 cm³/mol. The highest BCUT2D eigenvalue weighted by molar-refractivity contribution is 9.10.